The largest absolute Gasteiger partial charge is 0.356 e. The first-order chi connectivity index (χ1) is 10.8. The molecule has 0 radical (unpaired) electrons. The lowest BCUT2D eigenvalue weighted by molar-refractivity contribution is 0.774. The maximum atomic E-state index is 4.42. The van der Waals surface area contributed by atoms with E-state index < -0.39 is 0 Å². The van der Waals surface area contributed by atoms with Gasteiger partial charge in [-0.15, -0.1) is 11.3 Å². The average molecular weight is 317 g/mol. The van der Waals surface area contributed by atoms with Crippen LogP contribution in [0.15, 0.2) is 35.6 Å². The number of aryl methyl sites for hydroxylation is 1. The number of nitrogens with zero attached hydrogens (tertiary/aromatic N) is 3. The topological polar surface area (TPSA) is 62.2 Å². The Morgan fingerprint density at radius 2 is 2.00 bits per heavy atom. The minimum absolute atomic E-state index is 0.813. The summed E-state index contributed by atoms with van der Waals surface area (Å²) in [4.78, 5) is 14.3. The number of nitrogens with one attached hydrogen (secondary N) is 2. The van der Waals surface area contributed by atoms with Gasteiger partial charge in [0, 0.05) is 55.9 Å². The molecule has 0 atom stereocenters. The van der Waals surface area contributed by atoms with Crippen LogP contribution in [0.2, 0.25) is 0 Å². The second kappa shape index (κ2) is 9.15. The van der Waals surface area contributed by atoms with Gasteiger partial charge in [0.1, 0.15) is 0 Å². The van der Waals surface area contributed by atoms with E-state index in [9.17, 15) is 0 Å². The predicted molar refractivity (Wildman–Crippen MR) is 92.5 cm³/mol. The Bertz CT molecular complexity index is 579. The van der Waals surface area contributed by atoms with Gasteiger partial charge in [0.2, 0.25) is 0 Å². The highest BCUT2D eigenvalue weighted by Crippen LogP contribution is 2.13. The number of guanidine groups is 1. The van der Waals surface area contributed by atoms with E-state index in [1.54, 1.807) is 18.4 Å². The van der Waals surface area contributed by atoms with Crippen molar-refractivity contribution >= 4 is 17.3 Å². The Kier molecular flexibility index (Phi) is 6.83. The van der Waals surface area contributed by atoms with Crippen molar-refractivity contribution < 1.29 is 0 Å². The van der Waals surface area contributed by atoms with Crippen molar-refractivity contribution in [1.29, 1.82) is 0 Å². The van der Waals surface area contributed by atoms with Crippen LogP contribution < -0.4 is 10.6 Å². The highest BCUT2D eigenvalue weighted by Gasteiger charge is 2.02. The van der Waals surface area contributed by atoms with Gasteiger partial charge in [0.25, 0.3) is 0 Å². The predicted octanol–water partition coefficient (Wildman–Crippen LogP) is 2.05. The molecule has 2 rings (SSSR count). The van der Waals surface area contributed by atoms with E-state index in [4.69, 9.17) is 0 Å². The quantitative estimate of drug-likeness (QED) is 0.606. The molecule has 0 saturated carbocycles. The normalized spacial score (nSPS) is 11.5. The Morgan fingerprint density at radius 3 is 2.64 bits per heavy atom. The minimum atomic E-state index is 0.813. The Morgan fingerprint density at radius 1 is 1.18 bits per heavy atom. The van der Waals surface area contributed by atoms with Gasteiger partial charge in [0.05, 0.1) is 5.01 Å². The van der Waals surface area contributed by atoms with Crippen LogP contribution in [0, 0.1) is 0 Å². The standard InChI is InChI=1S/C16H23N5S/c1-3-14-12-21-15(22-14)8-11-20-16(17-2)19-10-7-13-6-4-5-9-18-13/h4-6,9,12H,3,7-8,10-11H2,1-2H3,(H2,17,19,20). The molecule has 0 amide bonds. The summed E-state index contributed by atoms with van der Waals surface area (Å²) in [6.45, 7) is 3.80. The smallest absolute Gasteiger partial charge is 0.191 e. The van der Waals surface area contributed by atoms with E-state index in [1.807, 2.05) is 30.6 Å². The fourth-order valence-corrected chi connectivity index (χ4v) is 2.85. The maximum absolute atomic E-state index is 4.42. The molecule has 6 heteroatoms. The van der Waals surface area contributed by atoms with Gasteiger partial charge in [-0.1, -0.05) is 13.0 Å². The van der Waals surface area contributed by atoms with E-state index in [0.717, 1.165) is 44.0 Å². The molecule has 2 N–H and O–H groups in total. The lowest BCUT2D eigenvalue weighted by atomic mass is 10.3. The molecule has 0 spiro atoms. The van der Waals surface area contributed by atoms with Crippen molar-refractivity contribution in [2.75, 3.05) is 20.1 Å². The first-order valence-corrected chi connectivity index (χ1v) is 8.41. The van der Waals surface area contributed by atoms with Crippen molar-refractivity contribution in [3.8, 4) is 0 Å². The zero-order valence-electron chi connectivity index (χ0n) is 13.2. The molecule has 0 fully saturated rings. The van der Waals surface area contributed by atoms with Crippen LogP contribution in [0.1, 0.15) is 22.5 Å². The van der Waals surface area contributed by atoms with Gasteiger partial charge in [-0.05, 0) is 18.6 Å². The third-order valence-electron chi connectivity index (χ3n) is 3.20. The van der Waals surface area contributed by atoms with Crippen molar-refractivity contribution in [3.63, 3.8) is 0 Å². The third kappa shape index (κ3) is 5.44. The van der Waals surface area contributed by atoms with Gasteiger partial charge >= 0.3 is 0 Å². The summed E-state index contributed by atoms with van der Waals surface area (Å²) in [5.74, 6) is 0.822. The summed E-state index contributed by atoms with van der Waals surface area (Å²) in [7, 11) is 1.79. The van der Waals surface area contributed by atoms with Crippen molar-refractivity contribution in [3.05, 3.63) is 46.2 Å². The lowest BCUT2D eigenvalue weighted by Gasteiger charge is -2.11. The molecule has 2 aromatic heterocycles. The van der Waals surface area contributed by atoms with Crippen molar-refractivity contribution in [1.82, 2.24) is 20.6 Å². The Labute approximate surface area is 135 Å². The summed E-state index contributed by atoms with van der Waals surface area (Å²) < 4.78 is 0. The highest BCUT2D eigenvalue weighted by atomic mass is 32.1. The number of pyridine rings is 1. The summed E-state index contributed by atoms with van der Waals surface area (Å²) in [6.07, 6.45) is 6.66. The zero-order valence-corrected chi connectivity index (χ0v) is 14.0. The molecular formula is C16H23N5S. The van der Waals surface area contributed by atoms with Crippen LogP contribution in [0.25, 0.3) is 0 Å². The monoisotopic (exact) mass is 317 g/mol. The van der Waals surface area contributed by atoms with E-state index in [1.165, 1.54) is 9.88 Å². The fourth-order valence-electron chi connectivity index (χ4n) is 1.99. The average Bonchev–Trinajstić information content (AvgIpc) is 3.02. The number of aliphatic imine (C=N–C) groups is 1. The van der Waals surface area contributed by atoms with Crippen molar-refractivity contribution in [2.24, 2.45) is 4.99 Å². The molecule has 0 aliphatic heterocycles. The molecule has 0 aromatic carbocycles. The molecule has 0 aliphatic rings. The number of thiazole rings is 1. The highest BCUT2D eigenvalue weighted by molar-refractivity contribution is 7.11. The Balaban J connectivity index is 1.66. The molecule has 118 valence electrons. The molecule has 0 aliphatic carbocycles. The van der Waals surface area contributed by atoms with E-state index in [-0.39, 0.29) is 0 Å². The molecule has 22 heavy (non-hydrogen) atoms. The second-order valence-corrected chi connectivity index (χ2v) is 6.02. The number of hydrogen-bond donors (Lipinski definition) is 2. The van der Waals surface area contributed by atoms with Gasteiger partial charge < -0.3 is 10.6 Å². The second-order valence-electron chi connectivity index (χ2n) is 4.82. The molecule has 0 saturated heterocycles. The van der Waals surface area contributed by atoms with Crippen LogP contribution in [-0.4, -0.2) is 36.1 Å². The van der Waals surface area contributed by atoms with Crippen LogP contribution in [0.4, 0.5) is 0 Å². The first-order valence-electron chi connectivity index (χ1n) is 7.59. The lowest BCUT2D eigenvalue weighted by Crippen LogP contribution is -2.39. The van der Waals surface area contributed by atoms with Gasteiger partial charge in [-0.25, -0.2) is 4.98 Å². The molecule has 5 nitrogen and oxygen atoms in total. The Hall–Kier alpha value is -1.95. The fraction of sp³-hybridized carbons (Fsp3) is 0.438. The molecular weight excluding hydrogens is 294 g/mol. The number of rotatable bonds is 7. The van der Waals surface area contributed by atoms with Gasteiger partial charge in [0.15, 0.2) is 5.96 Å². The molecule has 0 unspecified atom stereocenters. The SMILES string of the molecule is CCc1cnc(CCNC(=NC)NCCc2ccccn2)s1. The zero-order chi connectivity index (χ0) is 15.6. The van der Waals surface area contributed by atoms with E-state index >= 15 is 0 Å². The molecule has 0 bridgehead atoms. The number of hydrogen-bond acceptors (Lipinski definition) is 4. The third-order valence-corrected chi connectivity index (χ3v) is 4.41. The summed E-state index contributed by atoms with van der Waals surface area (Å²) in [6, 6.07) is 5.97. The first kappa shape index (κ1) is 16.4. The van der Waals surface area contributed by atoms with Crippen LogP contribution in [0.5, 0.6) is 0 Å². The summed E-state index contributed by atoms with van der Waals surface area (Å²) in [5.41, 5.74) is 1.08. The van der Waals surface area contributed by atoms with Gasteiger partial charge in [-0.2, -0.15) is 0 Å². The van der Waals surface area contributed by atoms with Crippen molar-refractivity contribution in [2.45, 2.75) is 26.2 Å². The van der Waals surface area contributed by atoms with Crippen LogP contribution >= 0.6 is 11.3 Å². The van der Waals surface area contributed by atoms with E-state index in [2.05, 4.69) is 32.5 Å². The van der Waals surface area contributed by atoms with Gasteiger partial charge in [-0.3, -0.25) is 9.98 Å². The summed E-state index contributed by atoms with van der Waals surface area (Å²) in [5, 5.41) is 7.79. The molecule has 2 aromatic rings. The molecule has 2 heterocycles. The number of aromatic nitrogens is 2. The van der Waals surface area contributed by atoms with Crippen LogP contribution in [0.3, 0.4) is 0 Å². The van der Waals surface area contributed by atoms with Crippen LogP contribution in [-0.2, 0) is 19.3 Å². The minimum Gasteiger partial charge on any atom is -0.356 e. The summed E-state index contributed by atoms with van der Waals surface area (Å²) >= 11 is 1.79. The van der Waals surface area contributed by atoms with E-state index in [0.29, 0.717) is 0 Å². The maximum Gasteiger partial charge on any atom is 0.191 e.